The summed E-state index contributed by atoms with van der Waals surface area (Å²) in [5.74, 6) is 0.991. The zero-order valence-corrected chi connectivity index (χ0v) is 13.3. The Balaban J connectivity index is 1.63. The third kappa shape index (κ3) is 3.23. The van der Waals surface area contributed by atoms with Crippen LogP contribution < -0.4 is 15.5 Å². The van der Waals surface area contributed by atoms with E-state index in [0.717, 1.165) is 36.8 Å². The summed E-state index contributed by atoms with van der Waals surface area (Å²) in [6.07, 6.45) is 3.29. The van der Waals surface area contributed by atoms with E-state index < -0.39 is 0 Å². The third-order valence-electron chi connectivity index (χ3n) is 4.50. The van der Waals surface area contributed by atoms with Crippen LogP contribution in [-0.4, -0.2) is 49.8 Å². The largest absolute Gasteiger partial charge is 0.380 e. The van der Waals surface area contributed by atoms with Crippen LogP contribution in [0.1, 0.15) is 25.0 Å². The number of carbonyl (C=O) groups excluding carboxylic acids is 1. The maximum absolute atomic E-state index is 12.3. The number of nitrogens with one attached hydrogen (secondary N) is 2. The Morgan fingerprint density at radius 2 is 2.18 bits per heavy atom. The summed E-state index contributed by atoms with van der Waals surface area (Å²) in [6.45, 7) is 4.81. The van der Waals surface area contributed by atoms with Crippen LogP contribution in [0.5, 0.6) is 0 Å². The lowest BCUT2D eigenvalue weighted by molar-refractivity contribution is -0.118. The number of aromatic nitrogens is 1. The van der Waals surface area contributed by atoms with Crippen LogP contribution in [0.3, 0.4) is 0 Å². The molecule has 0 aliphatic carbocycles. The van der Waals surface area contributed by atoms with Crippen molar-refractivity contribution in [1.82, 2.24) is 10.3 Å². The van der Waals surface area contributed by atoms with E-state index in [9.17, 15) is 4.79 Å². The molecule has 1 aromatic rings. The first kappa shape index (κ1) is 15.2. The van der Waals surface area contributed by atoms with Gasteiger partial charge in [-0.2, -0.15) is 0 Å². The lowest BCUT2D eigenvalue weighted by Crippen LogP contribution is -2.35. The molecule has 2 fully saturated rings. The van der Waals surface area contributed by atoms with Crippen molar-refractivity contribution in [2.24, 2.45) is 0 Å². The van der Waals surface area contributed by atoms with Crippen LogP contribution in [0.15, 0.2) is 12.1 Å². The number of methoxy groups -OCH3 is 1. The van der Waals surface area contributed by atoms with E-state index in [2.05, 4.69) is 20.5 Å². The summed E-state index contributed by atoms with van der Waals surface area (Å²) in [6, 6.07) is 3.76. The fraction of sp³-hybridized carbons (Fsp3) is 0.625. The molecule has 6 heteroatoms. The van der Waals surface area contributed by atoms with Gasteiger partial charge in [0.25, 0.3) is 0 Å². The summed E-state index contributed by atoms with van der Waals surface area (Å²) in [7, 11) is 1.68. The van der Waals surface area contributed by atoms with Gasteiger partial charge in [0.05, 0.1) is 23.5 Å². The highest BCUT2D eigenvalue weighted by atomic mass is 16.5. The second kappa shape index (κ2) is 6.62. The van der Waals surface area contributed by atoms with Crippen molar-refractivity contribution < 1.29 is 9.53 Å². The predicted octanol–water partition coefficient (Wildman–Crippen LogP) is 1.31. The highest BCUT2D eigenvalue weighted by Gasteiger charge is 2.29. The minimum atomic E-state index is -0.192. The molecule has 1 amide bonds. The maximum Gasteiger partial charge on any atom is 0.241 e. The normalized spacial score (nSPS) is 24.7. The molecule has 2 aliphatic heterocycles. The molecule has 6 nitrogen and oxygen atoms in total. The second-order valence-corrected chi connectivity index (χ2v) is 6.04. The van der Waals surface area contributed by atoms with Crippen molar-refractivity contribution in [3.63, 3.8) is 0 Å². The molecule has 0 aromatic carbocycles. The van der Waals surface area contributed by atoms with Gasteiger partial charge in [-0.3, -0.25) is 4.79 Å². The Kier molecular flexibility index (Phi) is 4.59. The monoisotopic (exact) mass is 304 g/mol. The molecule has 3 rings (SSSR count). The van der Waals surface area contributed by atoms with Crippen LogP contribution >= 0.6 is 0 Å². The van der Waals surface area contributed by atoms with E-state index in [0.29, 0.717) is 6.42 Å². The minimum Gasteiger partial charge on any atom is -0.380 e. The number of ether oxygens (including phenoxy) is 1. The van der Waals surface area contributed by atoms with E-state index in [-0.39, 0.29) is 18.1 Å². The number of nitrogens with zero attached hydrogens (tertiary/aromatic N) is 2. The van der Waals surface area contributed by atoms with Gasteiger partial charge in [-0.05, 0) is 38.3 Å². The molecule has 2 atom stereocenters. The predicted molar refractivity (Wildman–Crippen MR) is 86.3 cm³/mol. The van der Waals surface area contributed by atoms with E-state index in [4.69, 9.17) is 4.74 Å². The van der Waals surface area contributed by atoms with Gasteiger partial charge >= 0.3 is 0 Å². The molecular formula is C16H24N4O2. The number of anilines is 2. The molecule has 0 bridgehead atoms. The van der Waals surface area contributed by atoms with Crippen LogP contribution in [0.25, 0.3) is 0 Å². The summed E-state index contributed by atoms with van der Waals surface area (Å²) < 4.78 is 5.28. The average molecular weight is 304 g/mol. The van der Waals surface area contributed by atoms with Crippen molar-refractivity contribution in [2.75, 3.05) is 37.0 Å². The van der Waals surface area contributed by atoms with Gasteiger partial charge in [-0.25, -0.2) is 4.98 Å². The van der Waals surface area contributed by atoms with E-state index in [1.807, 2.05) is 19.1 Å². The molecule has 0 unspecified atom stereocenters. The molecular weight excluding hydrogens is 280 g/mol. The highest BCUT2D eigenvalue weighted by molar-refractivity contribution is 5.95. The summed E-state index contributed by atoms with van der Waals surface area (Å²) in [5.41, 5.74) is 1.65. The summed E-state index contributed by atoms with van der Waals surface area (Å²) in [4.78, 5) is 19.2. The first-order valence-corrected chi connectivity index (χ1v) is 7.97. The lowest BCUT2D eigenvalue weighted by atomic mass is 10.2. The lowest BCUT2D eigenvalue weighted by Gasteiger charge is -2.18. The van der Waals surface area contributed by atoms with Crippen molar-refractivity contribution in [3.8, 4) is 0 Å². The topological polar surface area (TPSA) is 66.5 Å². The molecule has 120 valence electrons. The zero-order valence-electron chi connectivity index (χ0n) is 13.3. The number of rotatable bonds is 4. The molecule has 0 radical (unpaired) electrons. The Hall–Kier alpha value is -1.66. The molecule has 0 saturated carbocycles. The van der Waals surface area contributed by atoms with Crippen LogP contribution in [0.2, 0.25) is 0 Å². The van der Waals surface area contributed by atoms with Gasteiger partial charge in [-0.15, -0.1) is 0 Å². The Bertz CT molecular complexity index is 543. The quantitative estimate of drug-likeness (QED) is 0.878. The van der Waals surface area contributed by atoms with Crippen LogP contribution in [0, 0.1) is 6.92 Å². The number of pyridine rings is 1. The number of carbonyl (C=O) groups is 1. The van der Waals surface area contributed by atoms with Gasteiger partial charge in [0.2, 0.25) is 5.91 Å². The molecule has 22 heavy (non-hydrogen) atoms. The molecule has 2 aliphatic rings. The van der Waals surface area contributed by atoms with E-state index in [1.54, 1.807) is 7.11 Å². The van der Waals surface area contributed by atoms with Crippen molar-refractivity contribution in [2.45, 2.75) is 38.3 Å². The highest BCUT2D eigenvalue weighted by Crippen LogP contribution is 2.22. The molecule has 2 saturated heterocycles. The number of amides is 1. The number of hydrogen-bond donors (Lipinski definition) is 2. The first-order chi connectivity index (χ1) is 10.7. The standard InChI is InChI=1S/C16H24N4O2/c1-11-13(5-6-15(18-11)20-7-3-4-8-20)19-16(21)14-9-12(22-2)10-17-14/h5-6,12,14,17H,3-4,7-10H2,1-2H3,(H,19,21)/t12-,14+/m0/s1. The van der Waals surface area contributed by atoms with Crippen molar-refractivity contribution >= 4 is 17.4 Å². The molecule has 1 aromatic heterocycles. The minimum absolute atomic E-state index is 0.0154. The fourth-order valence-electron chi connectivity index (χ4n) is 3.10. The average Bonchev–Trinajstić information content (AvgIpc) is 3.20. The molecule has 2 N–H and O–H groups in total. The van der Waals surface area contributed by atoms with Gasteiger partial charge in [0.1, 0.15) is 5.82 Å². The van der Waals surface area contributed by atoms with Crippen molar-refractivity contribution in [3.05, 3.63) is 17.8 Å². The Morgan fingerprint density at radius 1 is 1.41 bits per heavy atom. The van der Waals surface area contributed by atoms with E-state index >= 15 is 0 Å². The number of aryl methyl sites for hydroxylation is 1. The summed E-state index contributed by atoms with van der Waals surface area (Å²) >= 11 is 0. The smallest absolute Gasteiger partial charge is 0.241 e. The Morgan fingerprint density at radius 3 is 2.82 bits per heavy atom. The van der Waals surface area contributed by atoms with Gasteiger partial charge in [0.15, 0.2) is 0 Å². The first-order valence-electron chi connectivity index (χ1n) is 7.97. The summed E-state index contributed by atoms with van der Waals surface area (Å²) in [5, 5.41) is 6.16. The Labute approximate surface area is 131 Å². The van der Waals surface area contributed by atoms with Crippen LogP contribution in [0.4, 0.5) is 11.5 Å². The second-order valence-electron chi connectivity index (χ2n) is 6.04. The van der Waals surface area contributed by atoms with Crippen molar-refractivity contribution in [1.29, 1.82) is 0 Å². The molecule has 3 heterocycles. The zero-order chi connectivity index (χ0) is 15.5. The van der Waals surface area contributed by atoms with Crippen LogP contribution in [-0.2, 0) is 9.53 Å². The number of hydrogen-bond acceptors (Lipinski definition) is 5. The van der Waals surface area contributed by atoms with Gasteiger partial charge < -0.3 is 20.3 Å². The van der Waals surface area contributed by atoms with E-state index in [1.165, 1.54) is 12.8 Å². The SMILES string of the molecule is CO[C@@H]1CN[C@@H](C(=O)Nc2ccc(N3CCCC3)nc2C)C1. The third-order valence-corrected chi connectivity index (χ3v) is 4.50. The molecule has 0 spiro atoms. The van der Waals surface area contributed by atoms with Gasteiger partial charge in [-0.1, -0.05) is 0 Å². The van der Waals surface area contributed by atoms with Gasteiger partial charge in [0, 0.05) is 26.7 Å². The fourth-order valence-corrected chi connectivity index (χ4v) is 3.10. The maximum atomic E-state index is 12.3.